The molecule has 1 aromatic rings. The molecule has 24 heavy (non-hydrogen) atoms. The number of hydrogen-bond donors (Lipinski definition) is 1. The van der Waals surface area contributed by atoms with Gasteiger partial charge in [-0.1, -0.05) is 12.1 Å². The van der Waals surface area contributed by atoms with E-state index < -0.39 is 17.6 Å². The van der Waals surface area contributed by atoms with Gasteiger partial charge in [0.1, 0.15) is 0 Å². The molecule has 1 amide bonds. The number of halogens is 2. The number of rotatable bonds is 5. The molecule has 0 spiro atoms. The van der Waals surface area contributed by atoms with Gasteiger partial charge in [-0.05, 0) is 49.7 Å². The first-order chi connectivity index (χ1) is 11.5. The van der Waals surface area contributed by atoms with Crippen LogP contribution in [0.1, 0.15) is 50.0 Å². The van der Waals surface area contributed by atoms with Gasteiger partial charge in [-0.15, -0.1) is 0 Å². The monoisotopic (exact) mass is 337 g/mol. The number of carbonyl (C=O) groups excluding carboxylic acids is 1. The van der Waals surface area contributed by atoms with E-state index in [1.807, 2.05) is 0 Å². The lowest BCUT2D eigenvalue weighted by molar-refractivity contribution is -0.140. The largest absolute Gasteiger partial charge is 0.481 e. The molecule has 1 saturated heterocycles. The minimum atomic E-state index is -0.886. The van der Waals surface area contributed by atoms with Gasteiger partial charge in [-0.25, -0.2) is 8.78 Å². The zero-order chi connectivity index (χ0) is 17.3. The maximum Gasteiger partial charge on any atom is 0.303 e. The Hall–Kier alpha value is -1.98. The number of piperidine rings is 1. The van der Waals surface area contributed by atoms with E-state index in [4.69, 9.17) is 5.11 Å². The third-order valence-electron chi connectivity index (χ3n) is 5.09. The Morgan fingerprint density at radius 1 is 1.25 bits per heavy atom. The van der Waals surface area contributed by atoms with Crippen LogP contribution in [0.3, 0.4) is 0 Å². The molecule has 6 heteroatoms. The summed E-state index contributed by atoms with van der Waals surface area (Å²) in [5, 5.41) is 8.86. The molecule has 130 valence electrons. The van der Waals surface area contributed by atoms with E-state index in [-0.39, 0.29) is 35.8 Å². The van der Waals surface area contributed by atoms with Gasteiger partial charge in [-0.3, -0.25) is 9.59 Å². The van der Waals surface area contributed by atoms with E-state index in [1.165, 1.54) is 12.1 Å². The number of amides is 1. The van der Waals surface area contributed by atoms with E-state index in [0.29, 0.717) is 19.4 Å². The Morgan fingerprint density at radius 2 is 2.04 bits per heavy atom. The standard InChI is InChI=1S/C18H21F2NO3/c19-15-6-3-5-12(17(15)20)13-10-14(13)18(24)21-9-2-1-4-11(21)7-8-16(22)23/h3,5-6,11,13-14H,1-2,4,7-10H2,(H,22,23)/t11-,13-,14+/m0/s1. The predicted molar refractivity (Wildman–Crippen MR) is 83.4 cm³/mol. The van der Waals surface area contributed by atoms with Crippen LogP contribution in [-0.4, -0.2) is 34.5 Å². The predicted octanol–water partition coefficient (Wildman–Crippen LogP) is 3.31. The smallest absolute Gasteiger partial charge is 0.303 e. The third kappa shape index (κ3) is 3.42. The van der Waals surface area contributed by atoms with Gasteiger partial charge in [0.05, 0.1) is 0 Å². The summed E-state index contributed by atoms with van der Waals surface area (Å²) in [5.74, 6) is -3.23. The Bertz CT molecular complexity index is 649. The van der Waals surface area contributed by atoms with Crippen LogP contribution in [0.2, 0.25) is 0 Å². The van der Waals surface area contributed by atoms with Crippen molar-refractivity contribution in [2.75, 3.05) is 6.54 Å². The SMILES string of the molecule is O=C(O)CC[C@@H]1CCCCN1C(=O)[C@@H]1C[C@H]1c1cccc(F)c1F. The molecule has 1 heterocycles. The van der Waals surface area contributed by atoms with Crippen molar-refractivity contribution in [2.24, 2.45) is 5.92 Å². The van der Waals surface area contributed by atoms with Gasteiger partial charge < -0.3 is 10.0 Å². The maximum atomic E-state index is 13.9. The van der Waals surface area contributed by atoms with Crippen LogP contribution in [0.15, 0.2) is 18.2 Å². The van der Waals surface area contributed by atoms with Crippen LogP contribution >= 0.6 is 0 Å². The molecule has 3 rings (SSSR count). The fourth-order valence-corrected chi connectivity index (χ4v) is 3.71. The Labute approximate surface area is 139 Å². The highest BCUT2D eigenvalue weighted by Crippen LogP contribution is 2.50. The Balaban J connectivity index is 1.67. The second-order valence-corrected chi connectivity index (χ2v) is 6.71. The number of carboxylic acids is 1. The van der Waals surface area contributed by atoms with Crippen molar-refractivity contribution in [1.82, 2.24) is 4.90 Å². The molecule has 1 aromatic carbocycles. The minimum Gasteiger partial charge on any atom is -0.481 e. The summed E-state index contributed by atoms with van der Waals surface area (Å²) in [5.41, 5.74) is 0.271. The molecule has 0 unspecified atom stereocenters. The van der Waals surface area contributed by atoms with Crippen LogP contribution in [0, 0.1) is 17.6 Å². The quantitative estimate of drug-likeness (QED) is 0.897. The fourth-order valence-electron chi connectivity index (χ4n) is 3.71. The zero-order valence-electron chi connectivity index (χ0n) is 13.4. The van der Waals surface area contributed by atoms with Crippen LogP contribution in [0.4, 0.5) is 8.78 Å². The molecule has 1 aliphatic heterocycles. The molecule has 0 aromatic heterocycles. The fraction of sp³-hybridized carbons (Fsp3) is 0.556. The average Bonchev–Trinajstić information content (AvgIpc) is 3.35. The lowest BCUT2D eigenvalue weighted by Crippen LogP contribution is -2.44. The number of carbonyl (C=O) groups is 2. The Morgan fingerprint density at radius 3 is 2.79 bits per heavy atom. The highest BCUT2D eigenvalue weighted by Gasteiger charge is 2.48. The molecule has 3 atom stereocenters. The van der Waals surface area contributed by atoms with E-state index in [1.54, 1.807) is 4.90 Å². The molecular formula is C18H21F2NO3. The van der Waals surface area contributed by atoms with E-state index in [9.17, 15) is 18.4 Å². The van der Waals surface area contributed by atoms with Crippen molar-refractivity contribution in [2.45, 2.75) is 50.5 Å². The maximum absolute atomic E-state index is 13.9. The molecule has 2 aliphatic rings. The van der Waals surface area contributed by atoms with Crippen molar-refractivity contribution in [3.63, 3.8) is 0 Å². The molecule has 4 nitrogen and oxygen atoms in total. The second kappa shape index (κ2) is 6.87. The van der Waals surface area contributed by atoms with Crippen molar-refractivity contribution >= 4 is 11.9 Å². The van der Waals surface area contributed by atoms with Gasteiger partial charge in [0, 0.05) is 24.9 Å². The zero-order valence-corrected chi connectivity index (χ0v) is 13.4. The molecule has 1 N–H and O–H groups in total. The highest BCUT2D eigenvalue weighted by molar-refractivity contribution is 5.83. The lowest BCUT2D eigenvalue weighted by atomic mass is 9.97. The number of aliphatic carboxylic acids is 1. The molecule has 0 bridgehead atoms. The molecule has 1 saturated carbocycles. The number of hydrogen-bond acceptors (Lipinski definition) is 2. The highest BCUT2D eigenvalue weighted by atomic mass is 19.2. The third-order valence-corrected chi connectivity index (χ3v) is 5.09. The normalized spacial score (nSPS) is 26.2. The molecule has 1 aliphatic carbocycles. The molecule has 0 radical (unpaired) electrons. The first-order valence-electron chi connectivity index (χ1n) is 8.45. The summed E-state index contributed by atoms with van der Waals surface area (Å²) in [6, 6.07) is 4.02. The van der Waals surface area contributed by atoms with Gasteiger partial charge in [0.15, 0.2) is 11.6 Å². The van der Waals surface area contributed by atoms with Crippen LogP contribution in [0.25, 0.3) is 0 Å². The van der Waals surface area contributed by atoms with Gasteiger partial charge in [0.25, 0.3) is 0 Å². The van der Waals surface area contributed by atoms with Crippen LogP contribution in [0.5, 0.6) is 0 Å². The lowest BCUT2D eigenvalue weighted by Gasteiger charge is -2.36. The van der Waals surface area contributed by atoms with Crippen molar-refractivity contribution in [3.8, 4) is 0 Å². The first-order valence-corrected chi connectivity index (χ1v) is 8.45. The summed E-state index contributed by atoms with van der Waals surface area (Å²) in [4.78, 5) is 25.3. The van der Waals surface area contributed by atoms with Crippen LogP contribution < -0.4 is 0 Å². The summed E-state index contributed by atoms with van der Waals surface area (Å²) < 4.78 is 27.3. The van der Waals surface area contributed by atoms with E-state index in [2.05, 4.69) is 0 Å². The van der Waals surface area contributed by atoms with Crippen molar-refractivity contribution < 1.29 is 23.5 Å². The van der Waals surface area contributed by atoms with E-state index >= 15 is 0 Å². The van der Waals surface area contributed by atoms with Gasteiger partial charge in [0.2, 0.25) is 5.91 Å². The topological polar surface area (TPSA) is 57.6 Å². The van der Waals surface area contributed by atoms with Gasteiger partial charge >= 0.3 is 5.97 Å². The molecule has 2 fully saturated rings. The summed E-state index contributed by atoms with van der Waals surface area (Å²) >= 11 is 0. The summed E-state index contributed by atoms with van der Waals surface area (Å²) in [6.45, 7) is 0.623. The number of nitrogens with zero attached hydrogens (tertiary/aromatic N) is 1. The van der Waals surface area contributed by atoms with E-state index in [0.717, 1.165) is 25.3 Å². The molecular weight excluding hydrogens is 316 g/mol. The number of benzene rings is 1. The first kappa shape index (κ1) is 16.9. The average molecular weight is 337 g/mol. The number of carboxylic acid groups (broad SMARTS) is 1. The summed E-state index contributed by atoms with van der Waals surface area (Å²) in [6.07, 6.45) is 3.72. The Kier molecular flexibility index (Phi) is 4.83. The number of likely N-dealkylation sites (tertiary alicyclic amines) is 1. The van der Waals surface area contributed by atoms with Crippen molar-refractivity contribution in [3.05, 3.63) is 35.4 Å². The van der Waals surface area contributed by atoms with Gasteiger partial charge in [-0.2, -0.15) is 0 Å². The summed E-state index contributed by atoms with van der Waals surface area (Å²) in [7, 11) is 0. The minimum absolute atomic E-state index is 0.0427. The second-order valence-electron chi connectivity index (χ2n) is 6.71. The van der Waals surface area contributed by atoms with Crippen molar-refractivity contribution in [1.29, 1.82) is 0 Å². The van der Waals surface area contributed by atoms with Crippen LogP contribution in [-0.2, 0) is 9.59 Å².